The Morgan fingerprint density at radius 2 is 0.971 bits per heavy atom. The summed E-state index contributed by atoms with van der Waals surface area (Å²) in [5.41, 5.74) is 17.5. The molecule has 34 heavy (non-hydrogen) atoms. The van der Waals surface area contributed by atoms with Crippen LogP contribution in [0.25, 0.3) is 50.6 Å². The Morgan fingerprint density at radius 1 is 0.471 bits per heavy atom. The normalized spacial score (nSPS) is 12.6. The maximum absolute atomic E-state index is 4.19. The quantitative estimate of drug-likeness (QED) is 0.262. The van der Waals surface area contributed by atoms with Crippen LogP contribution in [0, 0.1) is 0 Å². The summed E-state index contributed by atoms with van der Waals surface area (Å²) in [5, 5.41) is 0. The van der Waals surface area contributed by atoms with Crippen molar-refractivity contribution in [1.82, 2.24) is 0 Å². The number of rotatable bonds is 3. The molecule has 0 saturated carbocycles. The van der Waals surface area contributed by atoms with Gasteiger partial charge in [0.1, 0.15) is 0 Å². The lowest BCUT2D eigenvalue weighted by Crippen LogP contribution is -1.93. The maximum atomic E-state index is 4.19. The molecular weight excluding hydrogens is 408 g/mol. The molecule has 0 aromatic heterocycles. The molecule has 0 spiro atoms. The highest BCUT2D eigenvalue weighted by Gasteiger charge is 2.23. The summed E-state index contributed by atoms with van der Waals surface area (Å²) in [4.78, 5) is 0. The van der Waals surface area contributed by atoms with Gasteiger partial charge < -0.3 is 0 Å². The van der Waals surface area contributed by atoms with Crippen molar-refractivity contribution in [3.05, 3.63) is 138 Å². The largest absolute Gasteiger partial charge is 0.0984 e. The minimum Gasteiger partial charge on any atom is -0.0984 e. The van der Waals surface area contributed by atoms with Crippen LogP contribution in [0.2, 0.25) is 0 Å². The van der Waals surface area contributed by atoms with E-state index in [0.717, 1.165) is 12.8 Å². The van der Waals surface area contributed by atoms with Crippen LogP contribution in [-0.2, 0) is 12.8 Å². The predicted molar refractivity (Wildman–Crippen MR) is 144 cm³/mol. The average Bonchev–Trinajstić information content (AvgIpc) is 3.47. The summed E-state index contributed by atoms with van der Waals surface area (Å²) in [6.45, 7) is 4.19. The summed E-state index contributed by atoms with van der Waals surface area (Å²) < 4.78 is 0. The Balaban J connectivity index is 1.35. The lowest BCUT2D eigenvalue weighted by molar-refractivity contribution is 1.26. The zero-order valence-electron chi connectivity index (χ0n) is 19.0. The van der Waals surface area contributed by atoms with E-state index < -0.39 is 0 Å². The van der Waals surface area contributed by atoms with E-state index in [2.05, 4.69) is 110 Å². The van der Waals surface area contributed by atoms with Crippen molar-refractivity contribution in [3.8, 4) is 44.5 Å². The smallest absolute Gasteiger partial charge is 0.000728 e. The molecule has 0 bridgehead atoms. The molecule has 0 fully saturated rings. The van der Waals surface area contributed by atoms with Crippen molar-refractivity contribution in [2.24, 2.45) is 0 Å². The second-order valence-corrected chi connectivity index (χ2v) is 9.34. The van der Waals surface area contributed by atoms with Crippen molar-refractivity contribution >= 4 is 6.08 Å². The fourth-order valence-corrected chi connectivity index (χ4v) is 5.98. The fourth-order valence-electron chi connectivity index (χ4n) is 5.98. The molecule has 0 nitrogen and oxygen atoms in total. The van der Waals surface area contributed by atoms with Gasteiger partial charge in [0.2, 0.25) is 0 Å². The first-order valence-electron chi connectivity index (χ1n) is 12.0. The van der Waals surface area contributed by atoms with Gasteiger partial charge in [0.25, 0.3) is 0 Å². The highest BCUT2D eigenvalue weighted by atomic mass is 14.3. The Hall–Kier alpha value is -4.16. The molecule has 2 aliphatic carbocycles. The van der Waals surface area contributed by atoms with Crippen LogP contribution in [-0.4, -0.2) is 0 Å². The number of benzene rings is 5. The molecule has 0 atom stereocenters. The van der Waals surface area contributed by atoms with E-state index in [1.165, 1.54) is 72.3 Å². The van der Waals surface area contributed by atoms with Crippen LogP contribution in [0.3, 0.4) is 0 Å². The molecule has 0 unspecified atom stereocenters. The monoisotopic (exact) mass is 432 g/mol. The van der Waals surface area contributed by atoms with Gasteiger partial charge in [0.15, 0.2) is 0 Å². The van der Waals surface area contributed by atoms with Crippen molar-refractivity contribution < 1.29 is 0 Å². The Morgan fingerprint density at radius 3 is 1.59 bits per heavy atom. The van der Waals surface area contributed by atoms with Crippen molar-refractivity contribution in [1.29, 1.82) is 0 Å². The van der Waals surface area contributed by atoms with Crippen LogP contribution in [0.5, 0.6) is 0 Å². The number of fused-ring (bicyclic) bond motifs is 6. The van der Waals surface area contributed by atoms with Crippen LogP contribution in [0.15, 0.2) is 110 Å². The molecule has 0 heterocycles. The first kappa shape index (κ1) is 19.3. The second kappa shape index (κ2) is 7.43. The fraction of sp³-hybridized carbons (Fsp3) is 0.0588. The minimum absolute atomic E-state index is 0.991. The van der Waals surface area contributed by atoms with Gasteiger partial charge >= 0.3 is 0 Å². The maximum Gasteiger partial charge on any atom is -0.000728 e. The van der Waals surface area contributed by atoms with Gasteiger partial charge in [-0.2, -0.15) is 0 Å². The molecule has 5 aromatic rings. The molecule has 0 aliphatic heterocycles. The van der Waals surface area contributed by atoms with Crippen LogP contribution in [0.4, 0.5) is 0 Å². The topological polar surface area (TPSA) is 0 Å². The lowest BCUT2D eigenvalue weighted by Gasteiger charge is -2.15. The van der Waals surface area contributed by atoms with E-state index >= 15 is 0 Å². The van der Waals surface area contributed by atoms with Gasteiger partial charge in [-0.25, -0.2) is 0 Å². The van der Waals surface area contributed by atoms with Gasteiger partial charge in [0, 0.05) is 0 Å². The molecule has 160 valence electrons. The van der Waals surface area contributed by atoms with Crippen molar-refractivity contribution in [3.63, 3.8) is 0 Å². The summed E-state index contributed by atoms with van der Waals surface area (Å²) in [6.07, 6.45) is 4.00. The SMILES string of the molecule is C=Cc1cc(-c2cccc3c2Cc2ccccc2-3)ccc1-c1cccc2c1Cc1ccccc1-2. The molecule has 0 N–H and O–H groups in total. The lowest BCUT2D eigenvalue weighted by atomic mass is 9.89. The second-order valence-electron chi connectivity index (χ2n) is 9.34. The summed E-state index contributed by atoms with van der Waals surface area (Å²) >= 11 is 0. The summed E-state index contributed by atoms with van der Waals surface area (Å²) in [7, 11) is 0. The van der Waals surface area contributed by atoms with Crippen molar-refractivity contribution in [2.45, 2.75) is 12.8 Å². The van der Waals surface area contributed by atoms with Crippen LogP contribution >= 0.6 is 0 Å². The van der Waals surface area contributed by atoms with Gasteiger partial charge in [-0.15, -0.1) is 0 Å². The molecule has 5 aromatic carbocycles. The highest BCUT2D eigenvalue weighted by molar-refractivity contribution is 5.90. The number of hydrogen-bond donors (Lipinski definition) is 0. The van der Waals surface area contributed by atoms with Gasteiger partial charge in [-0.3, -0.25) is 0 Å². The van der Waals surface area contributed by atoms with Gasteiger partial charge in [-0.1, -0.05) is 110 Å². The first-order valence-corrected chi connectivity index (χ1v) is 12.0. The van der Waals surface area contributed by atoms with Crippen molar-refractivity contribution in [2.75, 3.05) is 0 Å². The summed E-state index contributed by atoms with van der Waals surface area (Å²) in [5.74, 6) is 0. The zero-order chi connectivity index (χ0) is 22.6. The Labute approximate surface area is 200 Å². The first-order chi connectivity index (χ1) is 16.8. The van der Waals surface area contributed by atoms with Crippen LogP contribution in [0.1, 0.15) is 27.8 Å². The van der Waals surface area contributed by atoms with E-state index in [-0.39, 0.29) is 0 Å². The molecule has 0 saturated heterocycles. The van der Waals surface area contributed by atoms with Gasteiger partial charge in [0.05, 0.1) is 0 Å². The van der Waals surface area contributed by atoms with E-state index in [0.29, 0.717) is 0 Å². The van der Waals surface area contributed by atoms with Gasteiger partial charge in [-0.05, 0) is 91.2 Å². The molecule has 7 rings (SSSR count). The molecule has 0 radical (unpaired) electrons. The van der Waals surface area contributed by atoms with E-state index in [1.54, 1.807) is 0 Å². The third-order valence-corrected chi connectivity index (χ3v) is 7.57. The zero-order valence-corrected chi connectivity index (χ0v) is 19.0. The Bertz CT molecular complexity index is 1620. The van der Waals surface area contributed by atoms with Crippen LogP contribution < -0.4 is 0 Å². The highest BCUT2D eigenvalue weighted by Crippen LogP contribution is 2.44. The van der Waals surface area contributed by atoms with E-state index in [9.17, 15) is 0 Å². The molecule has 2 aliphatic rings. The van der Waals surface area contributed by atoms with E-state index in [1.807, 2.05) is 6.08 Å². The summed E-state index contributed by atoms with van der Waals surface area (Å²) in [6, 6.07) is 37.9. The Kier molecular flexibility index (Phi) is 4.22. The predicted octanol–water partition coefficient (Wildman–Crippen LogP) is 8.81. The third-order valence-electron chi connectivity index (χ3n) is 7.57. The molecule has 0 amide bonds. The molecule has 0 heteroatoms. The molecular formula is C34H24. The third kappa shape index (κ3) is 2.79. The minimum atomic E-state index is 0.991. The average molecular weight is 433 g/mol. The van der Waals surface area contributed by atoms with E-state index in [4.69, 9.17) is 0 Å². The number of hydrogen-bond acceptors (Lipinski definition) is 0. The standard InChI is InChI=1S/C34H24/c1-2-22-19-25(28-13-7-14-30-26-11-5-3-9-23(26)20-33(28)30)17-18-29(22)32-16-8-15-31-27-12-6-4-10-24(27)21-34(31)32/h2-19H,1,20-21H2.